The molecule has 0 aromatic heterocycles. The highest BCUT2D eigenvalue weighted by atomic mass is 127. The van der Waals surface area contributed by atoms with Crippen molar-refractivity contribution in [1.82, 2.24) is 10.6 Å². The van der Waals surface area contributed by atoms with Gasteiger partial charge >= 0.3 is 0 Å². The van der Waals surface area contributed by atoms with Gasteiger partial charge in [-0.05, 0) is 43.4 Å². The lowest BCUT2D eigenvalue weighted by Gasteiger charge is -2.12. The third-order valence-corrected chi connectivity index (χ3v) is 4.07. The summed E-state index contributed by atoms with van der Waals surface area (Å²) in [4.78, 5) is 4.62. The molecule has 2 rings (SSSR count). The maximum atomic E-state index is 10.1. The Morgan fingerprint density at radius 2 is 1.81 bits per heavy atom. The summed E-state index contributed by atoms with van der Waals surface area (Å²) in [6.07, 6.45) is 2.73. The molecule has 27 heavy (non-hydrogen) atoms. The zero-order valence-corrected chi connectivity index (χ0v) is 18.4. The second-order valence-corrected chi connectivity index (χ2v) is 5.99. The van der Waals surface area contributed by atoms with Crippen LogP contribution in [0.25, 0.3) is 0 Å². The lowest BCUT2D eigenvalue weighted by Crippen LogP contribution is -2.38. The van der Waals surface area contributed by atoms with Crippen molar-refractivity contribution in [3.63, 3.8) is 0 Å². The molecule has 148 valence electrons. The minimum absolute atomic E-state index is 0. The number of hydrogen-bond acceptors (Lipinski definition) is 3. The molecule has 0 aliphatic heterocycles. The predicted octanol–water partition coefficient (Wildman–Crippen LogP) is 3.75. The fraction of sp³-hybridized carbons (Fsp3) is 0.381. The van der Waals surface area contributed by atoms with Crippen LogP contribution in [0.4, 0.5) is 0 Å². The van der Waals surface area contributed by atoms with Crippen LogP contribution in [0, 0.1) is 0 Å². The number of aromatic hydroxyl groups is 1. The molecule has 0 amide bonds. The normalized spacial score (nSPS) is 10.8. The number of phenolic OH excluding ortho intramolecular Hbond substituents is 1. The quantitative estimate of drug-likeness (QED) is 0.220. The number of halogens is 1. The molecule has 5 nitrogen and oxygen atoms in total. The van der Waals surface area contributed by atoms with E-state index in [1.165, 1.54) is 5.56 Å². The summed E-state index contributed by atoms with van der Waals surface area (Å²) >= 11 is 0. The van der Waals surface area contributed by atoms with Crippen LogP contribution in [0.1, 0.15) is 24.5 Å². The van der Waals surface area contributed by atoms with Crippen LogP contribution >= 0.6 is 24.0 Å². The standard InChI is InChI=1S/C21H29N3O2.HI/c1-3-22-21(23-15-8-11-17-9-5-4-6-10-17)24-16-14-18-12-7-13-19(26-2)20(18)25;/h4-7,9-10,12-13,25H,3,8,11,14-16H2,1-2H3,(H2,22,23,24);1H. The van der Waals surface area contributed by atoms with Gasteiger partial charge in [0.25, 0.3) is 0 Å². The first-order valence-corrected chi connectivity index (χ1v) is 9.15. The van der Waals surface area contributed by atoms with Crippen LogP contribution in [-0.2, 0) is 12.8 Å². The molecule has 0 aliphatic rings. The summed E-state index contributed by atoms with van der Waals surface area (Å²) in [7, 11) is 1.56. The Balaban J connectivity index is 0.00000364. The Morgan fingerprint density at radius 1 is 1.04 bits per heavy atom. The lowest BCUT2D eigenvalue weighted by molar-refractivity contribution is 0.370. The highest BCUT2D eigenvalue weighted by Crippen LogP contribution is 2.29. The molecule has 2 aromatic carbocycles. The van der Waals surface area contributed by atoms with Crippen molar-refractivity contribution in [2.75, 3.05) is 26.7 Å². The van der Waals surface area contributed by atoms with Crippen LogP contribution in [0.3, 0.4) is 0 Å². The maximum absolute atomic E-state index is 10.1. The molecule has 3 N–H and O–H groups in total. The third kappa shape index (κ3) is 8.07. The van der Waals surface area contributed by atoms with E-state index in [4.69, 9.17) is 4.74 Å². The molecular weight excluding hydrogens is 453 g/mol. The number of nitrogens with one attached hydrogen (secondary N) is 2. The topological polar surface area (TPSA) is 65.9 Å². The second-order valence-electron chi connectivity index (χ2n) is 5.99. The maximum Gasteiger partial charge on any atom is 0.191 e. The van der Waals surface area contributed by atoms with Gasteiger partial charge in [-0.25, -0.2) is 0 Å². The number of phenols is 1. The molecule has 0 atom stereocenters. The van der Waals surface area contributed by atoms with Gasteiger partial charge in [-0.3, -0.25) is 4.99 Å². The Hall–Kier alpha value is -1.96. The van der Waals surface area contributed by atoms with E-state index in [1.807, 2.05) is 18.2 Å². The van der Waals surface area contributed by atoms with Crippen molar-refractivity contribution in [3.8, 4) is 11.5 Å². The zero-order chi connectivity index (χ0) is 18.6. The molecule has 0 heterocycles. The van der Waals surface area contributed by atoms with Crippen LogP contribution in [-0.4, -0.2) is 37.8 Å². The van der Waals surface area contributed by atoms with E-state index in [-0.39, 0.29) is 29.7 Å². The summed E-state index contributed by atoms with van der Waals surface area (Å²) in [5, 5.41) is 16.7. The fourth-order valence-electron chi connectivity index (χ4n) is 2.71. The lowest BCUT2D eigenvalue weighted by atomic mass is 10.1. The van der Waals surface area contributed by atoms with Crippen molar-refractivity contribution >= 4 is 29.9 Å². The van der Waals surface area contributed by atoms with E-state index >= 15 is 0 Å². The molecule has 6 heteroatoms. The highest BCUT2D eigenvalue weighted by molar-refractivity contribution is 14.0. The van der Waals surface area contributed by atoms with E-state index in [9.17, 15) is 5.11 Å². The first-order chi connectivity index (χ1) is 12.7. The van der Waals surface area contributed by atoms with Crippen molar-refractivity contribution in [1.29, 1.82) is 0 Å². The highest BCUT2D eigenvalue weighted by Gasteiger charge is 2.07. The number of guanidine groups is 1. The first-order valence-electron chi connectivity index (χ1n) is 9.15. The SMILES string of the molecule is CCNC(=NCCCc1ccccc1)NCCc1cccc(OC)c1O.I. The number of nitrogens with zero attached hydrogens (tertiary/aromatic N) is 1. The smallest absolute Gasteiger partial charge is 0.191 e. The number of rotatable bonds is 9. The van der Waals surface area contributed by atoms with E-state index in [2.05, 4.69) is 46.8 Å². The summed E-state index contributed by atoms with van der Waals surface area (Å²) in [6.45, 7) is 4.32. The van der Waals surface area contributed by atoms with Crippen molar-refractivity contribution in [2.24, 2.45) is 4.99 Å². The van der Waals surface area contributed by atoms with Crippen molar-refractivity contribution in [3.05, 3.63) is 59.7 Å². The van der Waals surface area contributed by atoms with E-state index in [0.717, 1.165) is 37.5 Å². The van der Waals surface area contributed by atoms with Gasteiger partial charge < -0.3 is 20.5 Å². The Labute approximate surface area is 179 Å². The van der Waals surface area contributed by atoms with Crippen LogP contribution in [0.5, 0.6) is 11.5 Å². The van der Waals surface area contributed by atoms with Gasteiger partial charge in [0.1, 0.15) is 0 Å². The Kier molecular flexibility index (Phi) is 11.3. The van der Waals surface area contributed by atoms with Crippen LogP contribution < -0.4 is 15.4 Å². The van der Waals surface area contributed by atoms with Gasteiger partial charge in [-0.15, -0.1) is 24.0 Å². The molecule has 0 aliphatic carbocycles. The van der Waals surface area contributed by atoms with E-state index < -0.39 is 0 Å². The van der Waals surface area contributed by atoms with Gasteiger partial charge in [0, 0.05) is 19.6 Å². The average molecular weight is 483 g/mol. The molecule has 0 fully saturated rings. The number of aryl methyl sites for hydroxylation is 1. The number of aliphatic imine (C=N–C) groups is 1. The number of benzene rings is 2. The molecular formula is C21H30IN3O2. The largest absolute Gasteiger partial charge is 0.504 e. The predicted molar refractivity (Wildman–Crippen MR) is 123 cm³/mol. The number of hydrogen-bond donors (Lipinski definition) is 3. The van der Waals surface area contributed by atoms with Crippen molar-refractivity contribution in [2.45, 2.75) is 26.2 Å². The van der Waals surface area contributed by atoms with Gasteiger partial charge in [0.2, 0.25) is 0 Å². The number of para-hydroxylation sites is 1. The van der Waals surface area contributed by atoms with E-state index in [0.29, 0.717) is 18.7 Å². The molecule has 0 unspecified atom stereocenters. The van der Waals surface area contributed by atoms with Crippen molar-refractivity contribution < 1.29 is 9.84 Å². The minimum Gasteiger partial charge on any atom is -0.504 e. The summed E-state index contributed by atoms with van der Waals surface area (Å²) in [6, 6.07) is 16.0. The fourth-order valence-corrected chi connectivity index (χ4v) is 2.71. The number of methoxy groups -OCH3 is 1. The monoisotopic (exact) mass is 483 g/mol. The van der Waals surface area contributed by atoms with Gasteiger partial charge in [0.15, 0.2) is 17.5 Å². The third-order valence-electron chi connectivity index (χ3n) is 4.07. The average Bonchev–Trinajstić information content (AvgIpc) is 2.67. The molecule has 0 spiro atoms. The molecule has 0 radical (unpaired) electrons. The first kappa shape index (κ1) is 23.1. The summed E-state index contributed by atoms with van der Waals surface area (Å²) < 4.78 is 5.15. The van der Waals surface area contributed by atoms with Crippen LogP contribution in [0.2, 0.25) is 0 Å². The summed E-state index contributed by atoms with van der Waals surface area (Å²) in [5.74, 6) is 1.52. The molecule has 0 saturated carbocycles. The Morgan fingerprint density at radius 3 is 2.52 bits per heavy atom. The van der Waals surface area contributed by atoms with Gasteiger partial charge in [-0.2, -0.15) is 0 Å². The van der Waals surface area contributed by atoms with E-state index in [1.54, 1.807) is 13.2 Å². The number of ether oxygens (including phenoxy) is 1. The zero-order valence-electron chi connectivity index (χ0n) is 16.1. The summed E-state index contributed by atoms with van der Waals surface area (Å²) in [5.41, 5.74) is 2.20. The van der Waals surface area contributed by atoms with Gasteiger partial charge in [0.05, 0.1) is 7.11 Å². The molecule has 0 saturated heterocycles. The molecule has 0 bridgehead atoms. The minimum atomic E-state index is 0. The Bertz CT molecular complexity index is 693. The molecule has 2 aromatic rings. The van der Waals surface area contributed by atoms with Gasteiger partial charge in [-0.1, -0.05) is 42.5 Å². The second kappa shape index (κ2) is 13.2. The van der Waals surface area contributed by atoms with Crippen LogP contribution in [0.15, 0.2) is 53.5 Å².